The number of hydrogen-bond acceptors (Lipinski definition) is 3. The van der Waals surface area contributed by atoms with Crippen molar-refractivity contribution in [1.82, 2.24) is 5.32 Å². The summed E-state index contributed by atoms with van der Waals surface area (Å²) in [5.74, 6) is -1.48. The quantitative estimate of drug-likeness (QED) is 0.572. The lowest BCUT2D eigenvalue weighted by molar-refractivity contribution is -0.141. The van der Waals surface area contributed by atoms with Crippen LogP contribution in [-0.4, -0.2) is 29.6 Å². The van der Waals surface area contributed by atoms with E-state index in [2.05, 4.69) is 5.32 Å². The lowest BCUT2D eigenvalue weighted by Gasteiger charge is -2.12. The van der Waals surface area contributed by atoms with Gasteiger partial charge in [0.2, 0.25) is 5.91 Å². The number of rotatable bonds is 7. The fourth-order valence-electron chi connectivity index (χ4n) is 1.11. The molecule has 0 saturated heterocycles. The number of carboxylic acid groups (broad SMARTS) is 1. The second-order valence-corrected chi connectivity index (χ2v) is 3.71. The van der Waals surface area contributed by atoms with Crippen LogP contribution in [0.15, 0.2) is 0 Å². The molecule has 5 nitrogen and oxygen atoms in total. The van der Waals surface area contributed by atoms with Crippen LogP contribution in [0.2, 0.25) is 0 Å². The summed E-state index contributed by atoms with van der Waals surface area (Å²) in [6.45, 7) is 3.93. The van der Waals surface area contributed by atoms with Gasteiger partial charge in [-0.25, -0.2) is 0 Å². The fraction of sp³-hybridized carbons (Fsp3) is 0.800. The smallest absolute Gasteiger partial charge is 0.306 e. The average Bonchev–Trinajstić information content (AvgIpc) is 2.17. The van der Waals surface area contributed by atoms with Crippen molar-refractivity contribution >= 4 is 11.9 Å². The molecule has 0 radical (unpaired) electrons. The maximum absolute atomic E-state index is 11.3. The molecule has 0 aromatic rings. The minimum atomic E-state index is -0.845. The molecule has 0 aliphatic rings. The van der Waals surface area contributed by atoms with Gasteiger partial charge in [0.15, 0.2) is 0 Å². The summed E-state index contributed by atoms with van der Waals surface area (Å²) >= 11 is 0. The van der Waals surface area contributed by atoms with Crippen molar-refractivity contribution in [3.05, 3.63) is 0 Å². The van der Waals surface area contributed by atoms with Crippen molar-refractivity contribution in [2.24, 2.45) is 11.7 Å². The minimum Gasteiger partial charge on any atom is -0.481 e. The van der Waals surface area contributed by atoms with Crippen LogP contribution in [-0.2, 0) is 9.59 Å². The maximum atomic E-state index is 11.3. The van der Waals surface area contributed by atoms with Gasteiger partial charge in [0.1, 0.15) is 0 Å². The highest BCUT2D eigenvalue weighted by Crippen LogP contribution is 2.00. The highest BCUT2D eigenvalue weighted by molar-refractivity contribution is 5.81. The number of hydrogen-bond donors (Lipinski definition) is 3. The van der Waals surface area contributed by atoms with Crippen molar-refractivity contribution in [1.29, 1.82) is 0 Å². The highest BCUT2D eigenvalue weighted by Gasteiger charge is 2.14. The molecule has 0 rings (SSSR count). The molecule has 5 heteroatoms. The van der Waals surface area contributed by atoms with Crippen LogP contribution in [0.25, 0.3) is 0 Å². The van der Waals surface area contributed by atoms with Gasteiger partial charge in [-0.3, -0.25) is 9.59 Å². The van der Waals surface area contributed by atoms with Crippen LogP contribution in [0, 0.1) is 5.92 Å². The lowest BCUT2D eigenvalue weighted by atomic mass is 10.1. The Balaban J connectivity index is 3.67. The second kappa shape index (κ2) is 7.23. The van der Waals surface area contributed by atoms with E-state index in [0.717, 1.165) is 6.42 Å². The van der Waals surface area contributed by atoms with Gasteiger partial charge in [-0.05, 0) is 12.8 Å². The first-order valence-corrected chi connectivity index (χ1v) is 5.25. The summed E-state index contributed by atoms with van der Waals surface area (Å²) in [7, 11) is 0. The van der Waals surface area contributed by atoms with Crippen molar-refractivity contribution in [3.63, 3.8) is 0 Å². The molecule has 0 spiro atoms. The van der Waals surface area contributed by atoms with Crippen molar-refractivity contribution in [2.45, 2.75) is 39.2 Å². The van der Waals surface area contributed by atoms with E-state index in [0.29, 0.717) is 19.4 Å². The van der Waals surface area contributed by atoms with E-state index in [1.807, 2.05) is 6.92 Å². The number of carbonyl (C=O) groups is 2. The van der Waals surface area contributed by atoms with E-state index >= 15 is 0 Å². The predicted molar refractivity (Wildman–Crippen MR) is 57.3 cm³/mol. The summed E-state index contributed by atoms with van der Waals surface area (Å²) in [6.07, 6.45) is 1.94. The Kier molecular flexibility index (Phi) is 6.70. The molecule has 0 aromatic carbocycles. The third-order valence-corrected chi connectivity index (χ3v) is 2.23. The van der Waals surface area contributed by atoms with Gasteiger partial charge in [0.05, 0.1) is 12.0 Å². The zero-order valence-electron chi connectivity index (χ0n) is 9.32. The Morgan fingerprint density at radius 2 is 2.00 bits per heavy atom. The number of carbonyl (C=O) groups excluding carboxylic acids is 1. The maximum Gasteiger partial charge on any atom is 0.306 e. The van der Waals surface area contributed by atoms with E-state index in [9.17, 15) is 9.59 Å². The van der Waals surface area contributed by atoms with E-state index in [1.165, 1.54) is 0 Å². The van der Waals surface area contributed by atoms with E-state index in [-0.39, 0.29) is 5.91 Å². The van der Waals surface area contributed by atoms with Gasteiger partial charge in [-0.2, -0.15) is 0 Å². The molecule has 15 heavy (non-hydrogen) atoms. The zero-order chi connectivity index (χ0) is 11.8. The first-order valence-electron chi connectivity index (χ1n) is 5.25. The molecule has 0 aliphatic carbocycles. The molecule has 4 N–H and O–H groups in total. The molecule has 88 valence electrons. The molecule has 0 fully saturated rings. The first kappa shape index (κ1) is 13.9. The normalized spacial score (nSPS) is 14.3. The van der Waals surface area contributed by atoms with E-state index in [4.69, 9.17) is 10.8 Å². The Hall–Kier alpha value is -1.10. The fourth-order valence-corrected chi connectivity index (χ4v) is 1.11. The third kappa shape index (κ3) is 6.06. The van der Waals surface area contributed by atoms with Crippen LogP contribution < -0.4 is 11.1 Å². The van der Waals surface area contributed by atoms with Gasteiger partial charge < -0.3 is 16.2 Å². The molecular formula is C10H20N2O3. The molecule has 0 aliphatic heterocycles. The van der Waals surface area contributed by atoms with Crippen molar-refractivity contribution < 1.29 is 14.7 Å². The number of nitrogens with two attached hydrogens (primary N) is 1. The zero-order valence-corrected chi connectivity index (χ0v) is 9.32. The Bertz CT molecular complexity index is 219. The second-order valence-electron chi connectivity index (χ2n) is 3.71. The first-order chi connectivity index (χ1) is 6.99. The Morgan fingerprint density at radius 1 is 1.40 bits per heavy atom. The van der Waals surface area contributed by atoms with Gasteiger partial charge >= 0.3 is 5.97 Å². The average molecular weight is 216 g/mol. The van der Waals surface area contributed by atoms with Gasteiger partial charge in [0.25, 0.3) is 0 Å². The number of amides is 1. The Morgan fingerprint density at radius 3 is 2.47 bits per heavy atom. The molecule has 0 heterocycles. The lowest BCUT2D eigenvalue weighted by Crippen LogP contribution is -2.41. The largest absolute Gasteiger partial charge is 0.481 e. The molecule has 0 aromatic heterocycles. The molecule has 0 saturated carbocycles. The van der Waals surface area contributed by atoms with Crippen LogP contribution in [0.3, 0.4) is 0 Å². The molecule has 1 amide bonds. The summed E-state index contributed by atoms with van der Waals surface area (Å²) in [5.41, 5.74) is 5.58. The monoisotopic (exact) mass is 216 g/mol. The van der Waals surface area contributed by atoms with Crippen molar-refractivity contribution in [2.75, 3.05) is 6.54 Å². The van der Waals surface area contributed by atoms with Crippen LogP contribution in [0.1, 0.15) is 33.1 Å². The van der Waals surface area contributed by atoms with Crippen molar-refractivity contribution in [3.8, 4) is 0 Å². The van der Waals surface area contributed by atoms with Crippen LogP contribution >= 0.6 is 0 Å². The number of carboxylic acids is 1. The summed E-state index contributed by atoms with van der Waals surface area (Å²) < 4.78 is 0. The molecule has 0 bridgehead atoms. The summed E-state index contributed by atoms with van der Waals surface area (Å²) in [5, 5.41) is 11.2. The molecule has 2 unspecified atom stereocenters. The van der Waals surface area contributed by atoms with Gasteiger partial charge in [0, 0.05) is 6.54 Å². The number of aliphatic carboxylic acids is 1. The van der Waals surface area contributed by atoms with Crippen LogP contribution in [0.4, 0.5) is 0 Å². The topological polar surface area (TPSA) is 92.4 Å². The molecule has 2 atom stereocenters. The molecular weight excluding hydrogens is 196 g/mol. The minimum absolute atomic E-state index is 0.200. The number of nitrogens with one attached hydrogen (secondary N) is 1. The highest BCUT2D eigenvalue weighted by atomic mass is 16.4. The van der Waals surface area contributed by atoms with E-state index < -0.39 is 17.9 Å². The van der Waals surface area contributed by atoms with Gasteiger partial charge in [-0.1, -0.05) is 20.3 Å². The van der Waals surface area contributed by atoms with Gasteiger partial charge in [-0.15, -0.1) is 0 Å². The summed E-state index contributed by atoms with van der Waals surface area (Å²) in [4.78, 5) is 21.8. The Labute approximate surface area is 90.0 Å². The predicted octanol–water partition coefficient (Wildman–Crippen LogP) is 0.341. The summed E-state index contributed by atoms with van der Waals surface area (Å²) in [6, 6.07) is -0.477. The van der Waals surface area contributed by atoms with Crippen LogP contribution in [0.5, 0.6) is 0 Å². The SMILES string of the molecule is CCCC(N)C(=O)NCCC(C)C(=O)O. The third-order valence-electron chi connectivity index (χ3n) is 2.23. The van der Waals surface area contributed by atoms with E-state index in [1.54, 1.807) is 6.92 Å². The standard InChI is InChI=1S/C10H20N2O3/c1-3-4-8(11)9(13)12-6-5-7(2)10(14)15/h7-8H,3-6,11H2,1-2H3,(H,12,13)(H,14,15).